The summed E-state index contributed by atoms with van der Waals surface area (Å²) in [4.78, 5) is 26.5. The Bertz CT molecular complexity index is 809. The van der Waals surface area contributed by atoms with Gasteiger partial charge in [0.2, 0.25) is 5.91 Å². The van der Waals surface area contributed by atoms with Gasteiger partial charge in [-0.3, -0.25) is 9.59 Å². The lowest BCUT2D eigenvalue weighted by atomic mass is 10.0. The van der Waals surface area contributed by atoms with Crippen LogP contribution in [0.2, 0.25) is 0 Å². The largest absolute Gasteiger partial charge is 0.483 e. The van der Waals surface area contributed by atoms with Crippen LogP contribution in [0.4, 0.5) is 0 Å². The van der Waals surface area contributed by atoms with Crippen LogP contribution in [0.25, 0.3) is 0 Å². The summed E-state index contributed by atoms with van der Waals surface area (Å²) in [6.45, 7) is 6.15. The second kappa shape index (κ2) is 10.3. The number of carbonyl (C=O) groups is 2. The minimum absolute atomic E-state index is 0.145. The van der Waals surface area contributed by atoms with Gasteiger partial charge in [0, 0.05) is 13.6 Å². The first kappa shape index (κ1) is 22.0. The number of ether oxygens (including phenoxy) is 1. The Balaban J connectivity index is 2.12. The molecule has 2 aromatic rings. The average molecular weight is 447 g/mol. The Hall–Kier alpha value is -2.34. The van der Waals surface area contributed by atoms with E-state index in [9.17, 15) is 9.59 Å². The number of halogens is 1. The third kappa shape index (κ3) is 5.83. The summed E-state index contributed by atoms with van der Waals surface area (Å²) in [7, 11) is 1.56. The van der Waals surface area contributed by atoms with Gasteiger partial charge < -0.3 is 15.0 Å². The van der Waals surface area contributed by atoms with Crippen molar-refractivity contribution in [2.75, 3.05) is 13.7 Å². The summed E-state index contributed by atoms with van der Waals surface area (Å²) in [6.07, 6.45) is 0. The van der Waals surface area contributed by atoms with Gasteiger partial charge in [-0.1, -0.05) is 50.2 Å². The van der Waals surface area contributed by atoms with E-state index in [0.717, 1.165) is 10.0 Å². The molecule has 0 aliphatic rings. The molecule has 0 aliphatic carbocycles. The molecule has 2 rings (SSSR count). The van der Waals surface area contributed by atoms with E-state index in [1.165, 1.54) is 10.5 Å². The van der Waals surface area contributed by atoms with Crippen molar-refractivity contribution in [2.24, 2.45) is 0 Å². The first-order valence-corrected chi connectivity index (χ1v) is 10.1. The Kier molecular flexibility index (Phi) is 8.05. The van der Waals surface area contributed by atoms with Crippen LogP contribution < -0.4 is 10.1 Å². The van der Waals surface area contributed by atoms with E-state index in [1.54, 1.807) is 14.0 Å². The predicted molar refractivity (Wildman–Crippen MR) is 114 cm³/mol. The van der Waals surface area contributed by atoms with Crippen molar-refractivity contribution in [3.8, 4) is 5.75 Å². The summed E-state index contributed by atoms with van der Waals surface area (Å²) in [5.74, 6) is 0.540. The number of rotatable bonds is 8. The molecule has 0 saturated carbocycles. The molecule has 0 saturated heterocycles. The number of nitrogens with zero attached hydrogens (tertiary/aromatic N) is 1. The molecule has 1 atom stereocenters. The fourth-order valence-electron chi connectivity index (χ4n) is 2.79. The molecule has 1 N–H and O–H groups in total. The van der Waals surface area contributed by atoms with E-state index < -0.39 is 6.04 Å². The lowest BCUT2D eigenvalue weighted by Gasteiger charge is -2.28. The molecule has 2 amide bonds. The van der Waals surface area contributed by atoms with Crippen LogP contribution in [0.1, 0.15) is 37.8 Å². The fraction of sp³-hybridized carbons (Fsp3) is 0.364. The van der Waals surface area contributed by atoms with Gasteiger partial charge in [0.05, 0.1) is 4.47 Å². The summed E-state index contributed by atoms with van der Waals surface area (Å²) in [5.41, 5.74) is 2.14. The SMILES string of the molecule is CNC(=O)[C@@H](C)N(Cc1ccccc1)C(=O)COc1ccc(C(C)C)cc1Br. The van der Waals surface area contributed by atoms with Crippen LogP contribution in [-0.4, -0.2) is 36.4 Å². The molecule has 0 fully saturated rings. The third-order valence-electron chi connectivity index (χ3n) is 4.58. The van der Waals surface area contributed by atoms with Gasteiger partial charge in [-0.2, -0.15) is 0 Å². The van der Waals surface area contributed by atoms with Gasteiger partial charge in [-0.15, -0.1) is 0 Å². The smallest absolute Gasteiger partial charge is 0.261 e. The molecule has 0 spiro atoms. The molecular formula is C22H27BrN2O3. The minimum atomic E-state index is -0.604. The van der Waals surface area contributed by atoms with Crippen molar-refractivity contribution in [3.63, 3.8) is 0 Å². The van der Waals surface area contributed by atoms with E-state index in [1.807, 2.05) is 48.5 Å². The molecule has 0 aromatic heterocycles. The van der Waals surface area contributed by atoms with Gasteiger partial charge in [-0.25, -0.2) is 0 Å². The van der Waals surface area contributed by atoms with E-state index in [0.29, 0.717) is 18.2 Å². The van der Waals surface area contributed by atoms with E-state index >= 15 is 0 Å². The molecule has 5 nitrogen and oxygen atoms in total. The van der Waals surface area contributed by atoms with Gasteiger partial charge in [0.25, 0.3) is 5.91 Å². The lowest BCUT2D eigenvalue weighted by Crippen LogP contribution is -2.48. The van der Waals surface area contributed by atoms with Gasteiger partial charge in [0.15, 0.2) is 6.61 Å². The Morgan fingerprint density at radius 2 is 1.79 bits per heavy atom. The molecule has 6 heteroatoms. The van der Waals surface area contributed by atoms with Gasteiger partial charge in [-0.05, 0) is 52.0 Å². The zero-order valence-electron chi connectivity index (χ0n) is 16.7. The predicted octanol–water partition coefficient (Wildman–Crippen LogP) is 4.11. The maximum absolute atomic E-state index is 12.9. The number of hydrogen-bond donors (Lipinski definition) is 1. The quantitative estimate of drug-likeness (QED) is 0.663. The van der Waals surface area contributed by atoms with E-state index in [-0.39, 0.29) is 18.4 Å². The van der Waals surface area contributed by atoms with Crippen LogP contribution >= 0.6 is 15.9 Å². The summed E-state index contributed by atoms with van der Waals surface area (Å²) in [6, 6.07) is 14.8. The van der Waals surface area contributed by atoms with Crippen LogP contribution in [-0.2, 0) is 16.1 Å². The number of carbonyl (C=O) groups excluding carboxylic acids is 2. The topological polar surface area (TPSA) is 58.6 Å². The van der Waals surface area contributed by atoms with Crippen molar-refractivity contribution >= 4 is 27.7 Å². The van der Waals surface area contributed by atoms with Gasteiger partial charge in [0.1, 0.15) is 11.8 Å². The summed E-state index contributed by atoms with van der Waals surface area (Å²) >= 11 is 3.51. The van der Waals surface area contributed by atoms with Crippen molar-refractivity contribution < 1.29 is 14.3 Å². The highest BCUT2D eigenvalue weighted by Gasteiger charge is 2.26. The minimum Gasteiger partial charge on any atom is -0.483 e. The van der Waals surface area contributed by atoms with Crippen molar-refractivity contribution in [3.05, 3.63) is 64.1 Å². The van der Waals surface area contributed by atoms with Crippen molar-refractivity contribution in [1.82, 2.24) is 10.2 Å². The highest BCUT2D eigenvalue weighted by Crippen LogP contribution is 2.29. The van der Waals surface area contributed by atoms with Crippen LogP contribution in [0.5, 0.6) is 5.75 Å². The number of nitrogens with one attached hydrogen (secondary N) is 1. The third-order valence-corrected chi connectivity index (χ3v) is 5.20. The lowest BCUT2D eigenvalue weighted by molar-refractivity contribution is -0.142. The highest BCUT2D eigenvalue weighted by molar-refractivity contribution is 9.10. The van der Waals surface area contributed by atoms with Crippen molar-refractivity contribution in [1.29, 1.82) is 0 Å². The first-order chi connectivity index (χ1) is 13.3. The maximum Gasteiger partial charge on any atom is 0.261 e. The molecule has 0 unspecified atom stereocenters. The molecule has 28 heavy (non-hydrogen) atoms. The standard InChI is InChI=1S/C22H27BrN2O3/c1-15(2)18-10-11-20(19(23)12-18)28-14-21(26)25(16(3)22(27)24-4)13-17-8-6-5-7-9-17/h5-12,15-16H,13-14H2,1-4H3,(H,24,27)/t16-/m1/s1. The molecule has 2 aromatic carbocycles. The van der Waals surface area contributed by atoms with Crippen LogP contribution in [0, 0.1) is 0 Å². The second-order valence-corrected chi connectivity index (χ2v) is 7.79. The average Bonchev–Trinajstić information content (AvgIpc) is 2.70. The Labute approximate surface area is 175 Å². The molecule has 0 heterocycles. The van der Waals surface area contributed by atoms with E-state index in [4.69, 9.17) is 4.74 Å². The fourth-order valence-corrected chi connectivity index (χ4v) is 3.30. The van der Waals surface area contributed by atoms with Crippen LogP contribution in [0.15, 0.2) is 53.0 Å². The van der Waals surface area contributed by atoms with E-state index in [2.05, 4.69) is 35.1 Å². The number of amides is 2. The molecule has 0 radical (unpaired) electrons. The molecule has 0 bridgehead atoms. The Morgan fingerprint density at radius 3 is 2.36 bits per heavy atom. The van der Waals surface area contributed by atoms with Crippen molar-refractivity contribution in [2.45, 2.75) is 39.3 Å². The van der Waals surface area contributed by atoms with Gasteiger partial charge >= 0.3 is 0 Å². The van der Waals surface area contributed by atoms with Crippen LogP contribution in [0.3, 0.4) is 0 Å². The number of likely N-dealkylation sites (N-methyl/N-ethyl adjacent to an activating group) is 1. The number of hydrogen-bond acceptors (Lipinski definition) is 3. The zero-order chi connectivity index (χ0) is 20.7. The Morgan fingerprint density at radius 1 is 1.11 bits per heavy atom. The highest BCUT2D eigenvalue weighted by atomic mass is 79.9. The normalized spacial score (nSPS) is 11.8. The second-order valence-electron chi connectivity index (χ2n) is 6.93. The monoisotopic (exact) mass is 446 g/mol. The first-order valence-electron chi connectivity index (χ1n) is 9.30. The molecule has 0 aliphatic heterocycles. The summed E-state index contributed by atoms with van der Waals surface area (Å²) < 4.78 is 6.55. The molecular weight excluding hydrogens is 420 g/mol. The molecule has 150 valence electrons. The zero-order valence-corrected chi connectivity index (χ0v) is 18.3. The number of benzene rings is 2. The summed E-state index contributed by atoms with van der Waals surface area (Å²) in [5, 5.41) is 2.60. The maximum atomic E-state index is 12.9.